The maximum absolute atomic E-state index is 12.4. The fourth-order valence-corrected chi connectivity index (χ4v) is 2.88. The van der Waals surface area contributed by atoms with Gasteiger partial charge in [0, 0.05) is 30.6 Å². The summed E-state index contributed by atoms with van der Waals surface area (Å²) in [5.41, 5.74) is 1.89. The summed E-state index contributed by atoms with van der Waals surface area (Å²) in [5.74, 6) is 0.897. The molecule has 0 heterocycles. The van der Waals surface area contributed by atoms with Gasteiger partial charge >= 0.3 is 0 Å². The summed E-state index contributed by atoms with van der Waals surface area (Å²) >= 11 is 0. The summed E-state index contributed by atoms with van der Waals surface area (Å²) < 4.78 is 35.2. The Morgan fingerprint density at radius 3 is 2.22 bits per heavy atom. The Labute approximate surface area is 159 Å². The molecule has 0 aromatic heterocycles. The van der Waals surface area contributed by atoms with Crippen molar-refractivity contribution in [3.63, 3.8) is 0 Å². The Balaban J connectivity index is 2.09. The second kappa shape index (κ2) is 8.59. The fraction of sp³-hybridized carbons (Fsp3) is 0.211. The third kappa shape index (κ3) is 5.75. The van der Waals surface area contributed by atoms with Crippen molar-refractivity contribution < 1.29 is 22.7 Å². The number of nitrogens with zero attached hydrogens (tertiary/aromatic N) is 1. The van der Waals surface area contributed by atoms with Gasteiger partial charge in [0.2, 0.25) is 10.0 Å². The number of hydrogen-bond donors (Lipinski definition) is 1. The summed E-state index contributed by atoms with van der Waals surface area (Å²) in [5, 5.41) is 0. The van der Waals surface area contributed by atoms with E-state index in [1.165, 1.54) is 18.1 Å². The van der Waals surface area contributed by atoms with E-state index < -0.39 is 10.0 Å². The van der Waals surface area contributed by atoms with Gasteiger partial charge in [0.15, 0.2) is 11.5 Å². The minimum absolute atomic E-state index is 0.222. The van der Waals surface area contributed by atoms with E-state index in [9.17, 15) is 13.2 Å². The summed E-state index contributed by atoms with van der Waals surface area (Å²) in [6.45, 7) is 0. The summed E-state index contributed by atoms with van der Waals surface area (Å²) in [4.78, 5) is 13.9. The molecule has 0 unspecified atom stereocenters. The van der Waals surface area contributed by atoms with Crippen LogP contribution in [0.15, 0.2) is 48.5 Å². The molecule has 8 heteroatoms. The van der Waals surface area contributed by atoms with Crippen molar-refractivity contribution in [3.05, 3.63) is 54.1 Å². The molecular weight excluding hydrogens is 368 g/mol. The van der Waals surface area contributed by atoms with Gasteiger partial charge in [0.25, 0.3) is 5.91 Å². The van der Waals surface area contributed by atoms with Crippen LogP contribution >= 0.6 is 0 Å². The van der Waals surface area contributed by atoms with Crippen LogP contribution in [0.25, 0.3) is 6.08 Å². The van der Waals surface area contributed by atoms with Crippen LogP contribution in [0, 0.1) is 0 Å². The van der Waals surface area contributed by atoms with Gasteiger partial charge in [-0.3, -0.25) is 9.52 Å². The second-order valence-corrected chi connectivity index (χ2v) is 7.51. The topological polar surface area (TPSA) is 84.9 Å². The van der Waals surface area contributed by atoms with Crippen LogP contribution in [0.4, 0.5) is 11.4 Å². The van der Waals surface area contributed by atoms with Crippen LogP contribution in [0.5, 0.6) is 11.5 Å². The Morgan fingerprint density at radius 2 is 1.67 bits per heavy atom. The first kappa shape index (κ1) is 20.3. The highest BCUT2D eigenvalue weighted by atomic mass is 32.2. The molecular formula is C19H22N2O5S. The standard InChI is InChI=1S/C19H22N2O5S/c1-21(16-10-11-17(25-2)18(13-16)26-3)19(22)12-7-14-5-8-15(9-6-14)20-27(4,23)24/h5-13,20H,1-4H3/b12-7+. The molecule has 1 N–H and O–H groups in total. The normalized spacial score (nSPS) is 11.3. The predicted molar refractivity (Wildman–Crippen MR) is 107 cm³/mol. The van der Waals surface area contributed by atoms with E-state index in [0.29, 0.717) is 22.9 Å². The maximum Gasteiger partial charge on any atom is 0.250 e. The van der Waals surface area contributed by atoms with E-state index in [0.717, 1.165) is 11.8 Å². The zero-order valence-corrected chi connectivity index (χ0v) is 16.4. The van der Waals surface area contributed by atoms with Crippen LogP contribution in [0.2, 0.25) is 0 Å². The van der Waals surface area contributed by atoms with Gasteiger partial charge in [-0.15, -0.1) is 0 Å². The average molecular weight is 390 g/mol. The minimum Gasteiger partial charge on any atom is -0.493 e. The summed E-state index contributed by atoms with van der Waals surface area (Å²) in [6, 6.07) is 11.9. The molecule has 2 aromatic rings. The van der Waals surface area contributed by atoms with E-state index in [-0.39, 0.29) is 5.91 Å². The highest BCUT2D eigenvalue weighted by Gasteiger charge is 2.11. The molecule has 0 atom stereocenters. The third-order valence-corrected chi connectivity index (χ3v) is 4.32. The van der Waals surface area contributed by atoms with Gasteiger partial charge in [0.1, 0.15) is 0 Å². The number of anilines is 2. The van der Waals surface area contributed by atoms with E-state index in [2.05, 4.69) is 4.72 Å². The minimum atomic E-state index is -3.32. The van der Waals surface area contributed by atoms with Gasteiger partial charge in [-0.25, -0.2) is 8.42 Å². The molecule has 0 aliphatic heterocycles. The molecule has 144 valence electrons. The number of benzene rings is 2. The second-order valence-electron chi connectivity index (χ2n) is 5.77. The van der Waals surface area contributed by atoms with Crippen molar-refractivity contribution in [2.45, 2.75) is 0 Å². The van der Waals surface area contributed by atoms with E-state index in [1.807, 2.05) is 0 Å². The van der Waals surface area contributed by atoms with Crippen molar-refractivity contribution in [1.29, 1.82) is 0 Å². The predicted octanol–water partition coefficient (Wildman–Crippen LogP) is 2.75. The molecule has 1 amide bonds. The molecule has 2 aromatic carbocycles. The van der Waals surface area contributed by atoms with Crippen LogP contribution in [-0.4, -0.2) is 41.8 Å². The lowest BCUT2D eigenvalue weighted by atomic mass is 10.2. The van der Waals surface area contributed by atoms with Gasteiger partial charge < -0.3 is 14.4 Å². The highest BCUT2D eigenvalue weighted by molar-refractivity contribution is 7.92. The molecule has 7 nitrogen and oxygen atoms in total. The summed E-state index contributed by atoms with van der Waals surface area (Å²) in [7, 11) is 1.42. The first-order valence-corrected chi connectivity index (χ1v) is 9.88. The van der Waals surface area contributed by atoms with Crippen molar-refractivity contribution >= 4 is 33.4 Å². The molecule has 0 fully saturated rings. The van der Waals surface area contributed by atoms with Crippen molar-refractivity contribution in [1.82, 2.24) is 0 Å². The van der Waals surface area contributed by atoms with Crippen LogP contribution in [0.1, 0.15) is 5.56 Å². The quantitative estimate of drug-likeness (QED) is 0.735. The van der Waals surface area contributed by atoms with E-state index in [1.54, 1.807) is 62.7 Å². The molecule has 0 radical (unpaired) electrons. The molecule has 0 aliphatic rings. The number of likely N-dealkylation sites (N-methyl/N-ethyl adjacent to an activating group) is 1. The zero-order valence-electron chi connectivity index (χ0n) is 15.6. The van der Waals surface area contributed by atoms with Gasteiger partial charge in [-0.1, -0.05) is 12.1 Å². The number of carbonyl (C=O) groups is 1. The fourth-order valence-electron chi connectivity index (χ4n) is 2.32. The molecule has 0 saturated heterocycles. The Bertz CT molecular complexity index is 937. The molecule has 0 spiro atoms. The zero-order chi connectivity index (χ0) is 20.0. The smallest absolute Gasteiger partial charge is 0.250 e. The lowest BCUT2D eigenvalue weighted by Crippen LogP contribution is -2.23. The molecule has 27 heavy (non-hydrogen) atoms. The van der Waals surface area contributed by atoms with Crippen LogP contribution in [0.3, 0.4) is 0 Å². The number of ether oxygens (including phenoxy) is 2. The Kier molecular flexibility index (Phi) is 6.46. The van der Waals surface area contributed by atoms with Crippen molar-refractivity contribution in [2.24, 2.45) is 0 Å². The number of rotatable bonds is 7. The molecule has 2 rings (SSSR count). The molecule has 0 aliphatic carbocycles. The highest BCUT2D eigenvalue weighted by Crippen LogP contribution is 2.31. The molecule has 0 bridgehead atoms. The number of methoxy groups -OCH3 is 2. The molecule has 0 saturated carbocycles. The Hall–Kier alpha value is -3.00. The number of nitrogens with one attached hydrogen (secondary N) is 1. The van der Waals surface area contributed by atoms with Gasteiger partial charge in [0.05, 0.1) is 20.5 Å². The number of hydrogen-bond acceptors (Lipinski definition) is 5. The van der Waals surface area contributed by atoms with E-state index >= 15 is 0 Å². The number of carbonyl (C=O) groups excluding carboxylic acids is 1. The number of amides is 1. The average Bonchev–Trinajstić information content (AvgIpc) is 2.64. The first-order chi connectivity index (χ1) is 12.7. The summed E-state index contributed by atoms with van der Waals surface area (Å²) in [6.07, 6.45) is 4.18. The first-order valence-electron chi connectivity index (χ1n) is 7.99. The van der Waals surface area contributed by atoms with Crippen LogP contribution < -0.4 is 19.1 Å². The van der Waals surface area contributed by atoms with Gasteiger partial charge in [-0.05, 0) is 35.9 Å². The SMILES string of the molecule is COc1ccc(N(C)C(=O)/C=C/c2ccc(NS(C)(=O)=O)cc2)cc1OC. The monoisotopic (exact) mass is 390 g/mol. The largest absolute Gasteiger partial charge is 0.493 e. The Morgan fingerprint density at radius 1 is 1.04 bits per heavy atom. The lowest BCUT2D eigenvalue weighted by Gasteiger charge is -2.17. The van der Waals surface area contributed by atoms with Crippen LogP contribution in [-0.2, 0) is 14.8 Å². The van der Waals surface area contributed by atoms with Gasteiger partial charge in [-0.2, -0.15) is 0 Å². The van der Waals surface area contributed by atoms with Crippen molar-refractivity contribution in [2.75, 3.05) is 37.1 Å². The van der Waals surface area contributed by atoms with Crippen molar-refractivity contribution in [3.8, 4) is 11.5 Å². The maximum atomic E-state index is 12.4. The third-order valence-electron chi connectivity index (χ3n) is 3.72. The van der Waals surface area contributed by atoms with E-state index in [4.69, 9.17) is 9.47 Å². The number of sulfonamides is 1. The lowest BCUT2D eigenvalue weighted by molar-refractivity contribution is -0.113.